The number of carbonyl (C=O) groups is 2. The third-order valence-electron chi connectivity index (χ3n) is 4.41. The van der Waals surface area contributed by atoms with E-state index < -0.39 is 11.9 Å². The van der Waals surface area contributed by atoms with Gasteiger partial charge in [0, 0.05) is 19.6 Å². The first-order chi connectivity index (χ1) is 13.9. The average Bonchev–Trinajstić information content (AvgIpc) is 2.71. The van der Waals surface area contributed by atoms with Crippen LogP contribution in [0.1, 0.15) is 28.4 Å². The van der Waals surface area contributed by atoms with Crippen LogP contribution in [-0.2, 0) is 17.9 Å². The minimum atomic E-state index is -1.05. The third kappa shape index (κ3) is 7.24. The molecule has 2 aromatic rings. The quantitative estimate of drug-likeness (QED) is 0.460. The van der Waals surface area contributed by atoms with Crippen LogP contribution in [0.3, 0.4) is 0 Å². The number of rotatable bonds is 10. The topological polar surface area (TPSA) is 77.8 Å². The van der Waals surface area contributed by atoms with Gasteiger partial charge in [0.05, 0.1) is 11.1 Å². The Balaban J connectivity index is 2.18. The molecule has 5 heteroatoms. The average molecular weight is 391 g/mol. The molecule has 0 atom stereocenters. The molecule has 0 fully saturated rings. The van der Waals surface area contributed by atoms with E-state index in [9.17, 15) is 9.59 Å². The molecular formula is C24H25NO4. The van der Waals surface area contributed by atoms with Crippen LogP contribution in [0.2, 0.25) is 0 Å². The first kappa shape index (κ1) is 21.9. The fourth-order valence-electron chi connectivity index (χ4n) is 2.80. The Morgan fingerprint density at radius 3 is 2.03 bits per heavy atom. The zero-order valence-corrected chi connectivity index (χ0v) is 16.4. The van der Waals surface area contributed by atoms with Crippen LogP contribution in [0, 0.1) is 0 Å². The van der Waals surface area contributed by atoms with Gasteiger partial charge in [-0.05, 0) is 41.8 Å². The van der Waals surface area contributed by atoms with Crippen molar-refractivity contribution in [3.05, 3.63) is 107 Å². The summed E-state index contributed by atoms with van der Waals surface area (Å²) in [5.41, 5.74) is 3.41. The maximum atomic E-state index is 11.1. The monoisotopic (exact) mass is 391 g/mol. The predicted molar refractivity (Wildman–Crippen MR) is 114 cm³/mol. The van der Waals surface area contributed by atoms with E-state index in [1.807, 2.05) is 43.3 Å². The van der Waals surface area contributed by atoms with Gasteiger partial charge < -0.3 is 10.2 Å². The van der Waals surface area contributed by atoms with Crippen molar-refractivity contribution in [2.24, 2.45) is 0 Å². The highest BCUT2D eigenvalue weighted by Crippen LogP contribution is 2.14. The summed E-state index contributed by atoms with van der Waals surface area (Å²) in [4.78, 5) is 24.2. The Morgan fingerprint density at radius 2 is 1.52 bits per heavy atom. The minimum Gasteiger partial charge on any atom is -0.478 e. The summed E-state index contributed by atoms with van der Waals surface area (Å²) in [5.74, 6) is -1.99. The zero-order valence-electron chi connectivity index (χ0n) is 16.4. The number of aromatic carboxylic acids is 1. The van der Waals surface area contributed by atoms with Crippen molar-refractivity contribution in [2.75, 3.05) is 6.54 Å². The molecule has 29 heavy (non-hydrogen) atoms. The highest BCUT2D eigenvalue weighted by molar-refractivity contribution is 5.89. The molecule has 2 aromatic carbocycles. The lowest BCUT2D eigenvalue weighted by Gasteiger charge is -2.23. The Labute approximate surface area is 170 Å². The predicted octanol–water partition coefficient (Wildman–Crippen LogP) is 4.53. The lowest BCUT2D eigenvalue weighted by molar-refractivity contribution is -0.132. The van der Waals surface area contributed by atoms with Crippen LogP contribution >= 0.6 is 0 Å². The Morgan fingerprint density at radius 1 is 0.931 bits per heavy atom. The largest absolute Gasteiger partial charge is 0.478 e. The highest BCUT2D eigenvalue weighted by atomic mass is 16.4. The summed E-state index contributed by atoms with van der Waals surface area (Å²) in [6.07, 6.45) is 5.21. The van der Waals surface area contributed by atoms with Gasteiger partial charge in [-0.1, -0.05) is 61.2 Å². The van der Waals surface area contributed by atoms with Crippen molar-refractivity contribution >= 4 is 11.9 Å². The molecule has 0 saturated heterocycles. The first-order valence-electron chi connectivity index (χ1n) is 9.23. The number of hydrogen-bond donors (Lipinski definition) is 2. The molecule has 2 N–H and O–H groups in total. The maximum Gasteiger partial charge on any atom is 0.335 e. The van der Waals surface area contributed by atoms with Gasteiger partial charge in [0.25, 0.3) is 0 Å². The fraction of sp³-hybridized carbons (Fsp3) is 0.167. The number of nitrogens with zero attached hydrogens (tertiary/aromatic N) is 1. The number of allylic oxidation sites excluding steroid dienone is 1. The minimum absolute atomic E-state index is 0.0308. The highest BCUT2D eigenvalue weighted by Gasteiger charge is 2.10. The number of aliphatic carboxylic acids is 1. The Hall–Kier alpha value is -3.44. The van der Waals surface area contributed by atoms with E-state index >= 15 is 0 Å². The van der Waals surface area contributed by atoms with Crippen molar-refractivity contribution in [2.45, 2.75) is 20.0 Å². The molecule has 5 nitrogen and oxygen atoms in total. The standard InChI is InChI=1S/C24H25NO4/c1-3-19(10-9-18(2)23(26)27)15-25(16-20-7-5-4-6-8-20)17-21-11-13-22(14-12-21)24(28)29/h3-14H,2,15-17H2,1H3,(H,26,27)(H,28,29)/b10-9-,19-3+. The maximum absolute atomic E-state index is 11.1. The van der Waals surface area contributed by atoms with Crippen LogP contribution in [0.15, 0.2) is 90.6 Å². The van der Waals surface area contributed by atoms with E-state index in [0.717, 1.165) is 16.7 Å². The summed E-state index contributed by atoms with van der Waals surface area (Å²) < 4.78 is 0. The molecule has 0 saturated carbocycles. The second-order valence-corrected chi connectivity index (χ2v) is 6.66. The van der Waals surface area contributed by atoms with Gasteiger partial charge in [0.2, 0.25) is 0 Å². The van der Waals surface area contributed by atoms with Crippen molar-refractivity contribution in [3.8, 4) is 0 Å². The lowest BCUT2D eigenvalue weighted by Crippen LogP contribution is -2.25. The number of carboxylic acids is 2. The van der Waals surface area contributed by atoms with Crippen molar-refractivity contribution in [3.63, 3.8) is 0 Å². The van der Waals surface area contributed by atoms with Gasteiger partial charge in [0.1, 0.15) is 0 Å². The second kappa shape index (κ2) is 10.8. The van der Waals surface area contributed by atoms with E-state index in [0.29, 0.717) is 19.6 Å². The Bertz CT molecular complexity index is 912. The third-order valence-corrected chi connectivity index (χ3v) is 4.41. The van der Waals surface area contributed by atoms with Gasteiger partial charge in [-0.3, -0.25) is 4.90 Å². The van der Waals surface area contributed by atoms with Gasteiger partial charge >= 0.3 is 11.9 Å². The summed E-state index contributed by atoms with van der Waals surface area (Å²) >= 11 is 0. The van der Waals surface area contributed by atoms with Gasteiger partial charge in [-0.15, -0.1) is 0 Å². The summed E-state index contributed by atoms with van der Waals surface area (Å²) in [5, 5.41) is 18.0. The number of carboxylic acid groups (broad SMARTS) is 2. The summed E-state index contributed by atoms with van der Waals surface area (Å²) in [6, 6.07) is 16.9. The van der Waals surface area contributed by atoms with Gasteiger partial charge in [0.15, 0.2) is 0 Å². The molecule has 0 amide bonds. The molecule has 0 bridgehead atoms. The molecule has 0 heterocycles. The van der Waals surface area contributed by atoms with Crippen molar-refractivity contribution in [1.82, 2.24) is 4.90 Å². The molecule has 2 rings (SSSR count). The summed E-state index contributed by atoms with van der Waals surface area (Å²) in [6.45, 7) is 7.36. The van der Waals surface area contributed by atoms with Crippen molar-refractivity contribution < 1.29 is 19.8 Å². The van der Waals surface area contributed by atoms with Gasteiger partial charge in [-0.2, -0.15) is 0 Å². The smallest absolute Gasteiger partial charge is 0.335 e. The van der Waals surface area contributed by atoms with Crippen LogP contribution in [0.4, 0.5) is 0 Å². The SMILES string of the molecule is C=C(/C=C\C(=C/C)CN(Cc1ccccc1)Cc1ccc(C(=O)O)cc1)C(=O)O. The van der Waals surface area contributed by atoms with E-state index in [1.54, 1.807) is 18.2 Å². The van der Waals surface area contributed by atoms with Crippen LogP contribution in [-0.4, -0.2) is 33.6 Å². The molecule has 0 spiro atoms. The molecule has 150 valence electrons. The van der Waals surface area contributed by atoms with Gasteiger partial charge in [-0.25, -0.2) is 9.59 Å². The zero-order chi connectivity index (χ0) is 21.2. The van der Waals surface area contributed by atoms with E-state index in [2.05, 4.69) is 23.6 Å². The van der Waals surface area contributed by atoms with Crippen LogP contribution < -0.4 is 0 Å². The molecule has 0 aromatic heterocycles. The molecule has 0 aliphatic carbocycles. The van der Waals surface area contributed by atoms with Crippen LogP contribution in [0.5, 0.6) is 0 Å². The Kier molecular flexibility index (Phi) is 8.12. The molecule has 0 unspecified atom stereocenters. The second-order valence-electron chi connectivity index (χ2n) is 6.66. The first-order valence-corrected chi connectivity index (χ1v) is 9.23. The molecule has 0 aliphatic rings. The van der Waals surface area contributed by atoms with Crippen molar-refractivity contribution in [1.29, 1.82) is 0 Å². The number of benzene rings is 2. The molecular weight excluding hydrogens is 366 g/mol. The molecule has 0 aliphatic heterocycles. The fourth-order valence-corrected chi connectivity index (χ4v) is 2.80. The van der Waals surface area contributed by atoms with E-state index in [4.69, 9.17) is 10.2 Å². The van der Waals surface area contributed by atoms with E-state index in [-0.39, 0.29) is 11.1 Å². The number of hydrogen-bond acceptors (Lipinski definition) is 3. The summed E-state index contributed by atoms with van der Waals surface area (Å²) in [7, 11) is 0. The van der Waals surface area contributed by atoms with E-state index in [1.165, 1.54) is 6.08 Å². The molecule has 0 radical (unpaired) electrons. The van der Waals surface area contributed by atoms with Crippen LogP contribution in [0.25, 0.3) is 0 Å². The lowest BCUT2D eigenvalue weighted by atomic mass is 10.1. The normalized spacial score (nSPS) is 11.7.